The van der Waals surface area contributed by atoms with Crippen molar-refractivity contribution in [3.63, 3.8) is 0 Å². The van der Waals surface area contributed by atoms with E-state index < -0.39 is 4.92 Å². The third kappa shape index (κ3) is 3.47. The van der Waals surface area contributed by atoms with E-state index in [9.17, 15) is 10.1 Å². The van der Waals surface area contributed by atoms with Gasteiger partial charge in [-0.2, -0.15) is 0 Å². The zero-order valence-corrected chi connectivity index (χ0v) is 12.2. The Labute approximate surface area is 122 Å². The summed E-state index contributed by atoms with van der Waals surface area (Å²) in [6.45, 7) is 6.02. The van der Waals surface area contributed by atoms with E-state index in [0.717, 1.165) is 17.1 Å². The highest BCUT2D eigenvalue weighted by Crippen LogP contribution is 2.30. The van der Waals surface area contributed by atoms with Crippen LogP contribution in [0.2, 0.25) is 0 Å². The van der Waals surface area contributed by atoms with Crippen LogP contribution in [0, 0.1) is 24.0 Å². The van der Waals surface area contributed by atoms with Gasteiger partial charge in [-0.3, -0.25) is 10.1 Å². The third-order valence-electron chi connectivity index (χ3n) is 2.92. The lowest BCUT2D eigenvalue weighted by atomic mass is 10.2. The number of benzene rings is 1. The van der Waals surface area contributed by atoms with E-state index in [2.05, 4.69) is 10.3 Å². The second-order valence-corrected chi connectivity index (χ2v) is 4.62. The van der Waals surface area contributed by atoms with Crippen molar-refractivity contribution in [3.05, 3.63) is 51.7 Å². The van der Waals surface area contributed by atoms with Crippen molar-refractivity contribution in [2.45, 2.75) is 20.8 Å². The van der Waals surface area contributed by atoms with Gasteiger partial charge in [-0.15, -0.1) is 0 Å². The lowest BCUT2D eigenvalue weighted by Gasteiger charge is -2.10. The summed E-state index contributed by atoms with van der Waals surface area (Å²) in [5, 5.41) is 14.2. The minimum Gasteiger partial charge on any atom is -0.494 e. The van der Waals surface area contributed by atoms with Gasteiger partial charge in [0.1, 0.15) is 5.75 Å². The van der Waals surface area contributed by atoms with Gasteiger partial charge in [0.05, 0.1) is 11.5 Å². The standard InChI is InChI=1S/C15H17N3O3/c1-4-21-13-7-5-12(6-8-13)17-15-14(18(19)20)10(2)9-11(3)16-15/h5-9H,4H2,1-3H3,(H,16,17). The molecule has 0 spiro atoms. The van der Waals surface area contributed by atoms with E-state index >= 15 is 0 Å². The Hall–Kier alpha value is -2.63. The van der Waals surface area contributed by atoms with Crippen LogP contribution in [0.1, 0.15) is 18.2 Å². The first kappa shape index (κ1) is 14.8. The Morgan fingerprint density at radius 2 is 1.95 bits per heavy atom. The number of hydrogen-bond acceptors (Lipinski definition) is 5. The number of nitrogens with one attached hydrogen (secondary N) is 1. The van der Waals surface area contributed by atoms with Crippen LogP contribution in [0.15, 0.2) is 30.3 Å². The molecule has 6 heteroatoms. The molecule has 0 unspecified atom stereocenters. The van der Waals surface area contributed by atoms with Crippen LogP contribution in [-0.2, 0) is 0 Å². The minimum atomic E-state index is -0.418. The molecule has 2 rings (SSSR count). The number of anilines is 2. The predicted octanol–water partition coefficient (Wildman–Crippen LogP) is 3.75. The van der Waals surface area contributed by atoms with Crippen molar-refractivity contribution in [1.82, 2.24) is 4.98 Å². The molecule has 2 aromatic rings. The molecular formula is C15H17N3O3. The zero-order chi connectivity index (χ0) is 15.4. The van der Waals surface area contributed by atoms with Crippen LogP contribution in [0.5, 0.6) is 5.75 Å². The topological polar surface area (TPSA) is 77.3 Å². The number of nitro groups is 1. The summed E-state index contributed by atoms with van der Waals surface area (Å²) in [6, 6.07) is 8.91. The van der Waals surface area contributed by atoms with Gasteiger partial charge in [0.2, 0.25) is 5.82 Å². The third-order valence-corrected chi connectivity index (χ3v) is 2.92. The fourth-order valence-corrected chi connectivity index (χ4v) is 2.09. The van der Waals surface area contributed by atoms with Gasteiger partial charge in [-0.05, 0) is 51.1 Å². The highest BCUT2D eigenvalue weighted by Gasteiger charge is 2.19. The second-order valence-electron chi connectivity index (χ2n) is 4.62. The molecule has 0 aliphatic carbocycles. The molecule has 0 atom stereocenters. The maximum Gasteiger partial charge on any atom is 0.314 e. The molecule has 1 heterocycles. The van der Waals surface area contributed by atoms with Crippen molar-refractivity contribution in [3.8, 4) is 5.75 Å². The van der Waals surface area contributed by atoms with E-state index in [-0.39, 0.29) is 11.5 Å². The molecule has 1 aromatic heterocycles. The smallest absolute Gasteiger partial charge is 0.314 e. The molecule has 0 saturated heterocycles. The molecule has 0 bridgehead atoms. The molecule has 0 amide bonds. The van der Waals surface area contributed by atoms with Gasteiger partial charge in [-0.25, -0.2) is 4.98 Å². The normalized spacial score (nSPS) is 10.2. The molecular weight excluding hydrogens is 270 g/mol. The average molecular weight is 287 g/mol. The van der Waals surface area contributed by atoms with Gasteiger partial charge < -0.3 is 10.1 Å². The molecule has 0 radical (unpaired) electrons. The Morgan fingerprint density at radius 1 is 1.29 bits per heavy atom. The zero-order valence-electron chi connectivity index (χ0n) is 12.2. The van der Waals surface area contributed by atoms with Crippen LogP contribution < -0.4 is 10.1 Å². The van der Waals surface area contributed by atoms with Crippen LogP contribution in [0.3, 0.4) is 0 Å². The number of ether oxygens (including phenoxy) is 1. The molecule has 110 valence electrons. The van der Waals surface area contributed by atoms with Gasteiger partial charge in [0.15, 0.2) is 0 Å². The maximum absolute atomic E-state index is 11.2. The van der Waals surface area contributed by atoms with Crippen molar-refractivity contribution >= 4 is 17.2 Å². The summed E-state index contributed by atoms with van der Waals surface area (Å²) < 4.78 is 5.36. The summed E-state index contributed by atoms with van der Waals surface area (Å²) in [5.41, 5.74) is 2.03. The Bertz CT molecular complexity index is 654. The van der Waals surface area contributed by atoms with Crippen LogP contribution in [-0.4, -0.2) is 16.5 Å². The second kappa shape index (κ2) is 6.21. The monoisotopic (exact) mass is 287 g/mol. The predicted molar refractivity (Wildman–Crippen MR) is 81.3 cm³/mol. The van der Waals surface area contributed by atoms with Crippen LogP contribution in [0.25, 0.3) is 0 Å². The summed E-state index contributed by atoms with van der Waals surface area (Å²) in [7, 11) is 0. The molecule has 1 N–H and O–H groups in total. The van der Waals surface area contributed by atoms with E-state index in [4.69, 9.17) is 4.74 Å². The van der Waals surface area contributed by atoms with Crippen LogP contribution in [0.4, 0.5) is 17.2 Å². The van der Waals surface area contributed by atoms with Crippen LogP contribution >= 0.6 is 0 Å². The first-order valence-corrected chi connectivity index (χ1v) is 6.63. The largest absolute Gasteiger partial charge is 0.494 e. The minimum absolute atomic E-state index is 0.00511. The highest BCUT2D eigenvalue weighted by molar-refractivity contribution is 5.68. The number of aromatic nitrogens is 1. The van der Waals surface area contributed by atoms with E-state index in [1.54, 1.807) is 44.2 Å². The van der Waals surface area contributed by atoms with Gasteiger partial charge in [-0.1, -0.05) is 0 Å². The number of pyridine rings is 1. The summed E-state index contributed by atoms with van der Waals surface area (Å²) in [5.74, 6) is 1.01. The Morgan fingerprint density at radius 3 is 2.52 bits per heavy atom. The van der Waals surface area contributed by atoms with Crippen molar-refractivity contribution in [2.75, 3.05) is 11.9 Å². The first-order chi connectivity index (χ1) is 10.0. The van der Waals surface area contributed by atoms with E-state index in [1.807, 2.05) is 6.92 Å². The van der Waals surface area contributed by atoms with Gasteiger partial charge >= 0.3 is 5.69 Å². The fourth-order valence-electron chi connectivity index (χ4n) is 2.09. The lowest BCUT2D eigenvalue weighted by molar-refractivity contribution is -0.384. The molecule has 0 saturated carbocycles. The summed E-state index contributed by atoms with van der Waals surface area (Å²) >= 11 is 0. The maximum atomic E-state index is 11.2. The quantitative estimate of drug-likeness (QED) is 0.669. The summed E-state index contributed by atoms with van der Waals surface area (Å²) in [4.78, 5) is 15.0. The van der Waals surface area contributed by atoms with E-state index in [1.165, 1.54) is 0 Å². The Kier molecular flexibility index (Phi) is 4.37. The molecule has 0 aliphatic heterocycles. The molecule has 1 aromatic carbocycles. The lowest BCUT2D eigenvalue weighted by Crippen LogP contribution is -2.03. The summed E-state index contributed by atoms with van der Waals surface area (Å²) in [6.07, 6.45) is 0. The number of rotatable bonds is 5. The van der Waals surface area contributed by atoms with Gasteiger partial charge in [0.25, 0.3) is 0 Å². The molecule has 21 heavy (non-hydrogen) atoms. The van der Waals surface area contributed by atoms with E-state index in [0.29, 0.717) is 12.2 Å². The molecule has 0 aliphatic rings. The van der Waals surface area contributed by atoms with Crippen molar-refractivity contribution < 1.29 is 9.66 Å². The fraction of sp³-hybridized carbons (Fsp3) is 0.267. The average Bonchev–Trinajstić information content (AvgIpc) is 2.40. The number of nitrogens with zero attached hydrogens (tertiary/aromatic N) is 2. The number of aryl methyl sites for hydroxylation is 2. The SMILES string of the molecule is CCOc1ccc(Nc2nc(C)cc(C)c2[N+](=O)[O-])cc1. The molecule has 0 fully saturated rings. The van der Waals surface area contributed by atoms with Gasteiger partial charge in [0, 0.05) is 16.9 Å². The molecule has 6 nitrogen and oxygen atoms in total. The first-order valence-electron chi connectivity index (χ1n) is 6.63. The highest BCUT2D eigenvalue weighted by atomic mass is 16.6. The Balaban J connectivity index is 2.32. The van der Waals surface area contributed by atoms with Crippen molar-refractivity contribution in [1.29, 1.82) is 0 Å². The number of hydrogen-bond donors (Lipinski definition) is 1. The van der Waals surface area contributed by atoms with Crippen molar-refractivity contribution in [2.24, 2.45) is 0 Å².